The number of fused-ring (bicyclic) bond motifs is 1. The summed E-state index contributed by atoms with van der Waals surface area (Å²) in [5.74, 6) is -0.235. The van der Waals surface area contributed by atoms with Crippen molar-refractivity contribution in [2.75, 3.05) is 11.4 Å². The second-order valence-electron chi connectivity index (χ2n) is 6.24. The molecule has 0 N–H and O–H groups in total. The Bertz CT molecular complexity index is 696. The maximum atomic E-state index is 14.3. The lowest BCUT2D eigenvalue weighted by Crippen LogP contribution is -2.36. The Hall–Kier alpha value is -2.16. The van der Waals surface area contributed by atoms with Gasteiger partial charge in [0.05, 0.1) is 5.69 Å². The number of amides is 1. The molecule has 1 heterocycles. The van der Waals surface area contributed by atoms with E-state index in [1.165, 1.54) is 11.6 Å². The van der Waals surface area contributed by atoms with Crippen molar-refractivity contribution in [3.8, 4) is 0 Å². The molecule has 2 aromatic carbocycles. The zero-order valence-corrected chi connectivity index (χ0v) is 13.5. The van der Waals surface area contributed by atoms with Crippen molar-refractivity contribution in [2.24, 2.45) is 0 Å². The highest BCUT2D eigenvalue weighted by atomic mass is 19.1. The van der Waals surface area contributed by atoms with Gasteiger partial charge in [0.15, 0.2) is 0 Å². The molecule has 0 aliphatic carbocycles. The van der Waals surface area contributed by atoms with Crippen LogP contribution in [0, 0.1) is 12.7 Å². The molecule has 2 aromatic rings. The summed E-state index contributed by atoms with van der Waals surface area (Å²) in [6.07, 6.45) is 3.88. The van der Waals surface area contributed by atoms with Crippen molar-refractivity contribution in [1.82, 2.24) is 0 Å². The number of benzene rings is 2. The lowest BCUT2D eigenvalue weighted by Gasteiger charge is -2.30. The molecule has 2 nitrogen and oxygen atoms in total. The lowest BCUT2D eigenvalue weighted by molar-refractivity contribution is -0.118. The first-order valence-corrected chi connectivity index (χ1v) is 8.28. The summed E-state index contributed by atoms with van der Waals surface area (Å²) in [4.78, 5) is 14.2. The molecular formula is C20H22FNO. The lowest BCUT2D eigenvalue weighted by atomic mass is 9.98. The van der Waals surface area contributed by atoms with Gasteiger partial charge in [0, 0.05) is 13.0 Å². The van der Waals surface area contributed by atoms with Gasteiger partial charge >= 0.3 is 0 Å². The molecule has 1 amide bonds. The monoisotopic (exact) mass is 311 g/mol. The van der Waals surface area contributed by atoms with Crippen LogP contribution >= 0.6 is 0 Å². The largest absolute Gasteiger partial charge is 0.309 e. The second kappa shape index (κ2) is 6.95. The topological polar surface area (TPSA) is 20.3 Å². The highest BCUT2D eigenvalue weighted by Crippen LogP contribution is 2.31. The number of carbonyl (C=O) groups is 1. The van der Waals surface area contributed by atoms with Gasteiger partial charge in [0.1, 0.15) is 5.82 Å². The molecule has 120 valence electrons. The molecular weight excluding hydrogens is 289 g/mol. The third kappa shape index (κ3) is 3.61. The second-order valence-corrected chi connectivity index (χ2v) is 6.24. The number of rotatable bonds is 4. The van der Waals surface area contributed by atoms with Crippen LogP contribution in [0.1, 0.15) is 36.0 Å². The fourth-order valence-electron chi connectivity index (χ4n) is 3.31. The first-order chi connectivity index (χ1) is 11.1. The van der Waals surface area contributed by atoms with Crippen molar-refractivity contribution < 1.29 is 9.18 Å². The molecule has 1 aliphatic heterocycles. The maximum Gasteiger partial charge on any atom is 0.227 e. The quantitative estimate of drug-likeness (QED) is 0.817. The molecule has 1 aliphatic rings. The smallest absolute Gasteiger partial charge is 0.227 e. The van der Waals surface area contributed by atoms with E-state index in [1.54, 1.807) is 4.90 Å². The zero-order chi connectivity index (χ0) is 16.2. The summed E-state index contributed by atoms with van der Waals surface area (Å²) in [6, 6.07) is 13.7. The number of hydrogen-bond acceptors (Lipinski definition) is 1. The van der Waals surface area contributed by atoms with Crippen LogP contribution in [0.3, 0.4) is 0 Å². The van der Waals surface area contributed by atoms with E-state index in [-0.39, 0.29) is 11.7 Å². The summed E-state index contributed by atoms with van der Waals surface area (Å²) < 4.78 is 14.3. The van der Waals surface area contributed by atoms with E-state index in [1.807, 2.05) is 31.2 Å². The normalized spacial score (nSPS) is 13.7. The molecule has 0 spiro atoms. The summed E-state index contributed by atoms with van der Waals surface area (Å²) in [5, 5.41) is 0. The number of hydrogen-bond donors (Lipinski definition) is 0. The first kappa shape index (κ1) is 15.7. The minimum absolute atomic E-state index is 0.0321. The molecule has 0 atom stereocenters. The summed E-state index contributed by atoms with van der Waals surface area (Å²) in [5.41, 5.74) is 3.62. The fraction of sp³-hybridized carbons (Fsp3) is 0.350. The highest BCUT2D eigenvalue weighted by Gasteiger charge is 2.25. The third-order valence-electron chi connectivity index (χ3n) is 4.38. The van der Waals surface area contributed by atoms with Crippen LogP contribution in [-0.2, 0) is 17.6 Å². The Labute approximate surface area is 136 Å². The average molecular weight is 311 g/mol. The number of halogens is 1. The van der Waals surface area contributed by atoms with E-state index < -0.39 is 0 Å². The molecule has 0 unspecified atom stereocenters. The third-order valence-corrected chi connectivity index (χ3v) is 4.38. The molecule has 23 heavy (non-hydrogen) atoms. The van der Waals surface area contributed by atoms with Gasteiger partial charge in [-0.1, -0.05) is 36.4 Å². The molecule has 3 heteroatoms. The Morgan fingerprint density at radius 1 is 1.22 bits per heavy atom. The van der Waals surface area contributed by atoms with Crippen LogP contribution in [0.4, 0.5) is 10.1 Å². The van der Waals surface area contributed by atoms with Gasteiger partial charge in [-0.25, -0.2) is 4.39 Å². The predicted molar refractivity (Wildman–Crippen MR) is 91.2 cm³/mol. The highest BCUT2D eigenvalue weighted by molar-refractivity contribution is 5.94. The van der Waals surface area contributed by atoms with E-state index in [4.69, 9.17) is 0 Å². The van der Waals surface area contributed by atoms with Crippen LogP contribution in [-0.4, -0.2) is 12.5 Å². The fourth-order valence-corrected chi connectivity index (χ4v) is 3.31. The molecule has 0 saturated heterocycles. The van der Waals surface area contributed by atoms with E-state index in [2.05, 4.69) is 12.1 Å². The van der Waals surface area contributed by atoms with Gasteiger partial charge in [0.2, 0.25) is 5.91 Å². The van der Waals surface area contributed by atoms with Gasteiger partial charge in [-0.2, -0.15) is 0 Å². The van der Waals surface area contributed by atoms with Crippen molar-refractivity contribution in [2.45, 2.75) is 39.0 Å². The van der Waals surface area contributed by atoms with Crippen molar-refractivity contribution in [3.63, 3.8) is 0 Å². The van der Waals surface area contributed by atoms with Gasteiger partial charge in [-0.15, -0.1) is 0 Å². The predicted octanol–water partition coefficient (Wildman–Crippen LogP) is 4.44. The first-order valence-electron chi connectivity index (χ1n) is 8.28. The SMILES string of the molecule is Cc1cc(F)c2c(c1)CCCN2C(=O)CCCc1ccccc1. The average Bonchev–Trinajstić information content (AvgIpc) is 2.55. The molecule has 0 radical (unpaired) electrons. The van der Waals surface area contributed by atoms with Gasteiger partial charge in [-0.3, -0.25) is 4.79 Å². The number of carbonyl (C=O) groups excluding carboxylic acids is 1. The molecule has 0 saturated carbocycles. The zero-order valence-electron chi connectivity index (χ0n) is 13.5. The van der Waals surface area contributed by atoms with Crippen LogP contribution < -0.4 is 4.90 Å². The van der Waals surface area contributed by atoms with Crippen molar-refractivity contribution in [1.29, 1.82) is 0 Å². The standard InChI is InChI=1S/C20H22FNO/c1-15-13-17-10-6-12-22(20(17)18(21)14-15)19(23)11-5-9-16-7-3-2-4-8-16/h2-4,7-8,13-14H,5-6,9-12H2,1H3. The van der Waals surface area contributed by atoms with Crippen LogP contribution in [0.25, 0.3) is 0 Å². The number of aryl methyl sites for hydroxylation is 3. The van der Waals surface area contributed by atoms with E-state index in [0.717, 1.165) is 36.8 Å². The van der Waals surface area contributed by atoms with Gasteiger partial charge < -0.3 is 4.90 Å². The maximum absolute atomic E-state index is 14.3. The Morgan fingerprint density at radius 3 is 2.78 bits per heavy atom. The van der Waals surface area contributed by atoms with Crippen LogP contribution in [0.15, 0.2) is 42.5 Å². The molecule has 0 fully saturated rings. The molecule has 0 bridgehead atoms. The Morgan fingerprint density at radius 2 is 2.00 bits per heavy atom. The minimum atomic E-state index is -0.267. The minimum Gasteiger partial charge on any atom is -0.309 e. The number of anilines is 1. The summed E-state index contributed by atoms with van der Waals surface area (Å²) in [7, 11) is 0. The Kier molecular flexibility index (Phi) is 4.75. The Balaban J connectivity index is 1.67. The van der Waals surface area contributed by atoms with Gasteiger partial charge in [0.25, 0.3) is 0 Å². The van der Waals surface area contributed by atoms with Gasteiger partial charge in [-0.05, 0) is 55.4 Å². The molecule has 0 aromatic heterocycles. The summed E-state index contributed by atoms with van der Waals surface area (Å²) in [6.45, 7) is 2.52. The van der Waals surface area contributed by atoms with Crippen LogP contribution in [0.5, 0.6) is 0 Å². The van der Waals surface area contributed by atoms with Crippen molar-refractivity contribution >= 4 is 11.6 Å². The van der Waals surface area contributed by atoms with Crippen molar-refractivity contribution in [3.05, 3.63) is 65.0 Å². The summed E-state index contributed by atoms with van der Waals surface area (Å²) >= 11 is 0. The van der Waals surface area contributed by atoms with Crippen LogP contribution in [0.2, 0.25) is 0 Å². The van der Waals surface area contributed by atoms with E-state index in [9.17, 15) is 9.18 Å². The van der Waals surface area contributed by atoms with E-state index in [0.29, 0.717) is 18.7 Å². The van der Waals surface area contributed by atoms with E-state index >= 15 is 0 Å². The molecule has 3 rings (SSSR count). The number of nitrogens with zero attached hydrogens (tertiary/aromatic N) is 1.